The first kappa shape index (κ1) is 14.3. The highest BCUT2D eigenvalue weighted by atomic mass is 16.5. The van der Waals surface area contributed by atoms with Crippen LogP contribution >= 0.6 is 0 Å². The molecular weight excluding hydrogens is 262 g/mol. The molecule has 0 atom stereocenters. The highest BCUT2D eigenvalue weighted by molar-refractivity contribution is 5.24. The summed E-state index contributed by atoms with van der Waals surface area (Å²) in [6.45, 7) is 2.09. The van der Waals surface area contributed by atoms with Crippen LogP contribution in [-0.4, -0.2) is 10.1 Å². The van der Waals surface area contributed by atoms with E-state index in [1.165, 1.54) is 24.0 Å². The second-order valence-electron chi connectivity index (χ2n) is 6.25. The predicted molar refractivity (Wildman–Crippen MR) is 81.9 cm³/mol. The lowest BCUT2D eigenvalue weighted by Crippen LogP contribution is -2.37. The van der Waals surface area contributed by atoms with Gasteiger partial charge in [-0.15, -0.1) is 0 Å². The lowest BCUT2D eigenvalue weighted by Gasteiger charge is -2.23. The largest absolute Gasteiger partial charge is 0.339 e. The second-order valence-corrected chi connectivity index (χ2v) is 6.25. The van der Waals surface area contributed by atoms with Crippen molar-refractivity contribution in [1.29, 1.82) is 0 Å². The van der Waals surface area contributed by atoms with Crippen molar-refractivity contribution in [2.75, 3.05) is 0 Å². The first-order valence-electron chi connectivity index (χ1n) is 7.83. The third kappa shape index (κ3) is 3.32. The van der Waals surface area contributed by atoms with Crippen molar-refractivity contribution in [3.8, 4) is 0 Å². The van der Waals surface area contributed by atoms with E-state index in [0.29, 0.717) is 18.1 Å². The molecule has 2 N–H and O–H groups in total. The van der Waals surface area contributed by atoms with Gasteiger partial charge in [0.1, 0.15) is 0 Å². The third-order valence-electron chi connectivity index (χ3n) is 4.35. The number of hydrogen-bond donors (Lipinski definition) is 1. The van der Waals surface area contributed by atoms with E-state index in [2.05, 4.69) is 41.3 Å². The molecule has 1 aliphatic rings. The molecule has 21 heavy (non-hydrogen) atoms. The van der Waals surface area contributed by atoms with Gasteiger partial charge in [-0.25, -0.2) is 0 Å². The molecule has 0 spiro atoms. The minimum Gasteiger partial charge on any atom is -0.339 e. The number of hydrogen-bond acceptors (Lipinski definition) is 4. The van der Waals surface area contributed by atoms with E-state index in [1.54, 1.807) is 0 Å². The molecule has 1 aliphatic carbocycles. The molecule has 1 heterocycles. The predicted octanol–water partition coefficient (Wildman–Crippen LogP) is 3.48. The summed E-state index contributed by atoms with van der Waals surface area (Å²) in [4.78, 5) is 4.57. The van der Waals surface area contributed by atoms with Crippen LogP contribution < -0.4 is 5.73 Å². The lowest BCUT2D eigenvalue weighted by atomic mass is 9.91. The van der Waals surface area contributed by atoms with E-state index < -0.39 is 5.54 Å². The maximum atomic E-state index is 6.53. The van der Waals surface area contributed by atoms with Crippen molar-refractivity contribution < 1.29 is 4.52 Å². The normalized spacial score (nSPS) is 18.4. The maximum Gasteiger partial charge on any atom is 0.231 e. The molecule has 1 fully saturated rings. The Balaban J connectivity index is 1.76. The van der Waals surface area contributed by atoms with Crippen LogP contribution in [0, 0.1) is 6.92 Å². The molecule has 0 saturated heterocycles. The second kappa shape index (κ2) is 5.98. The maximum absolute atomic E-state index is 6.53. The van der Waals surface area contributed by atoms with Crippen LogP contribution in [0.1, 0.15) is 61.4 Å². The fraction of sp³-hybridized carbons (Fsp3) is 0.529. The molecule has 1 aromatic carbocycles. The SMILES string of the molecule is Cc1cccc(Cc2nc(C3(N)CCCCCC3)no2)c1. The zero-order valence-electron chi connectivity index (χ0n) is 12.6. The molecule has 3 rings (SSSR count). The molecule has 2 aromatic rings. The quantitative estimate of drug-likeness (QED) is 0.877. The Morgan fingerprint density at radius 1 is 1.19 bits per heavy atom. The first-order chi connectivity index (χ1) is 10.2. The first-order valence-corrected chi connectivity index (χ1v) is 7.83. The molecule has 1 aromatic heterocycles. The average molecular weight is 285 g/mol. The zero-order valence-corrected chi connectivity index (χ0v) is 12.6. The number of nitrogens with zero attached hydrogens (tertiary/aromatic N) is 2. The van der Waals surface area contributed by atoms with Crippen LogP contribution in [0.4, 0.5) is 0 Å². The van der Waals surface area contributed by atoms with Crippen LogP contribution in [0.25, 0.3) is 0 Å². The fourth-order valence-electron chi connectivity index (χ4n) is 3.11. The number of rotatable bonds is 3. The van der Waals surface area contributed by atoms with Gasteiger partial charge in [-0.3, -0.25) is 0 Å². The summed E-state index contributed by atoms with van der Waals surface area (Å²) >= 11 is 0. The molecule has 0 radical (unpaired) electrons. The van der Waals surface area contributed by atoms with Gasteiger partial charge in [-0.1, -0.05) is 60.7 Å². The molecule has 4 nitrogen and oxygen atoms in total. The fourth-order valence-corrected chi connectivity index (χ4v) is 3.11. The summed E-state index contributed by atoms with van der Waals surface area (Å²) in [5.74, 6) is 1.34. The third-order valence-corrected chi connectivity index (χ3v) is 4.35. The number of aryl methyl sites for hydroxylation is 1. The van der Waals surface area contributed by atoms with Gasteiger partial charge in [0.05, 0.1) is 12.0 Å². The minimum atomic E-state index is -0.398. The standard InChI is InChI=1S/C17H23N3O/c1-13-7-6-8-14(11-13)12-15-19-16(20-21-15)17(18)9-4-2-3-5-10-17/h6-8,11H,2-5,9-10,12,18H2,1H3. The molecule has 1 saturated carbocycles. The average Bonchev–Trinajstić information content (AvgIpc) is 2.81. The van der Waals surface area contributed by atoms with E-state index in [4.69, 9.17) is 10.3 Å². The van der Waals surface area contributed by atoms with Crippen molar-refractivity contribution in [3.63, 3.8) is 0 Å². The summed E-state index contributed by atoms with van der Waals surface area (Å²) < 4.78 is 5.43. The van der Waals surface area contributed by atoms with E-state index >= 15 is 0 Å². The molecule has 0 unspecified atom stereocenters. The summed E-state index contributed by atoms with van der Waals surface area (Å²) in [6.07, 6.45) is 7.40. The van der Waals surface area contributed by atoms with Gasteiger partial charge in [0.25, 0.3) is 0 Å². The van der Waals surface area contributed by atoms with Crippen LogP contribution in [0.15, 0.2) is 28.8 Å². The highest BCUT2D eigenvalue weighted by Crippen LogP contribution is 2.32. The Hall–Kier alpha value is -1.68. The Bertz CT molecular complexity index is 598. The van der Waals surface area contributed by atoms with Crippen molar-refractivity contribution in [2.45, 2.75) is 57.4 Å². The van der Waals surface area contributed by atoms with Gasteiger partial charge >= 0.3 is 0 Å². The molecule has 0 bridgehead atoms. The number of nitrogens with two attached hydrogens (primary N) is 1. The summed E-state index contributed by atoms with van der Waals surface area (Å²) in [5, 5.41) is 4.16. The van der Waals surface area contributed by atoms with Crippen molar-refractivity contribution in [2.24, 2.45) is 5.73 Å². The van der Waals surface area contributed by atoms with E-state index in [-0.39, 0.29) is 0 Å². The van der Waals surface area contributed by atoms with Crippen molar-refractivity contribution >= 4 is 0 Å². The van der Waals surface area contributed by atoms with Crippen molar-refractivity contribution in [3.05, 3.63) is 47.1 Å². The minimum absolute atomic E-state index is 0.398. The Morgan fingerprint density at radius 2 is 1.95 bits per heavy atom. The molecule has 112 valence electrons. The van der Waals surface area contributed by atoms with Gasteiger partial charge < -0.3 is 10.3 Å². The van der Waals surface area contributed by atoms with Gasteiger partial charge in [-0.2, -0.15) is 4.98 Å². The van der Waals surface area contributed by atoms with Crippen LogP contribution in [0.3, 0.4) is 0 Å². The molecule has 0 amide bonds. The van der Waals surface area contributed by atoms with Crippen LogP contribution in [0.5, 0.6) is 0 Å². The molecule has 4 heteroatoms. The van der Waals surface area contributed by atoms with Gasteiger partial charge in [-0.05, 0) is 25.3 Å². The van der Waals surface area contributed by atoms with Gasteiger partial charge in [0.2, 0.25) is 5.89 Å². The van der Waals surface area contributed by atoms with E-state index in [1.807, 2.05) is 0 Å². The summed E-state index contributed by atoms with van der Waals surface area (Å²) in [5.41, 5.74) is 8.56. The van der Waals surface area contributed by atoms with E-state index in [0.717, 1.165) is 25.7 Å². The Kier molecular flexibility index (Phi) is 4.06. The van der Waals surface area contributed by atoms with Crippen LogP contribution in [0.2, 0.25) is 0 Å². The summed E-state index contributed by atoms with van der Waals surface area (Å²) in [7, 11) is 0. The summed E-state index contributed by atoms with van der Waals surface area (Å²) in [6, 6.07) is 8.37. The molecule has 0 aliphatic heterocycles. The Morgan fingerprint density at radius 3 is 2.67 bits per heavy atom. The number of benzene rings is 1. The van der Waals surface area contributed by atoms with Gasteiger partial charge in [0.15, 0.2) is 5.82 Å². The highest BCUT2D eigenvalue weighted by Gasteiger charge is 2.33. The smallest absolute Gasteiger partial charge is 0.231 e. The van der Waals surface area contributed by atoms with E-state index in [9.17, 15) is 0 Å². The lowest BCUT2D eigenvalue weighted by molar-refractivity contribution is 0.326. The van der Waals surface area contributed by atoms with Crippen molar-refractivity contribution in [1.82, 2.24) is 10.1 Å². The number of aromatic nitrogens is 2. The topological polar surface area (TPSA) is 64.9 Å². The van der Waals surface area contributed by atoms with Gasteiger partial charge in [0, 0.05) is 0 Å². The van der Waals surface area contributed by atoms with Crippen LogP contribution in [-0.2, 0) is 12.0 Å². The zero-order chi connectivity index (χ0) is 14.7. The Labute approximate surface area is 125 Å². The molecular formula is C17H23N3O. The monoisotopic (exact) mass is 285 g/mol.